The predicted octanol–water partition coefficient (Wildman–Crippen LogP) is 1.14. The molecular weight excluding hydrogens is 260 g/mol. The Kier molecular flexibility index (Phi) is 4.39. The normalized spacial score (nSPS) is 14.8. The molecule has 1 aromatic carbocycles. The average molecular weight is 275 g/mol. The minimum Gasteiger partial charge on any atom is -0.493 e. The Labute approximate surface area is 109 Å². The van der Waals surface area contributed by atoms with Crippen LogP contribution in [0.1, 0.15) is 5.56 Å². The van der Waals surface area contributed by atoms with Crippen LogP contribution in [0.4, 0.5) is 8.78 Å². The molecule has 7 heteroatoms. The van der Waals surface area contributed by atoms with Crippen molar-refractivity contribution in [2.75, 3.05) is 20.4 Å². The van der Waals surface area contributed by atoms with Crippen molar-refractivity contribution in [2.24, 2.45) is 0 Å². The fourth-order valence-corrected chi connectivity index (χ4v) is 1.74. The van der Waals surface area contributed by atoms with Gasteiger partial charge in [0.1, 0.15) is 6.10 Å². The van der Waals surface area contributed by atoms with E-state index < -0.39 is 12.5 Å². The van der Waals surface area contributed by atoms with Gasteiger partial charge in [-0.2, -0.15) is 0 Å². The summed E-state index contributed by atoms with van der Waals surface area (Å²) in [7, 11) is 1.51. The SMILES string of the molecule is COc1cc(CNCC(O)C(F)F)cc2c1OCO2. The van der Waals surface area contributed by atoms with Crippen LogP contribution in [0.25, 0.3) is 0 Å². The van der Waals surface area contributed by atoms with Gasteiger partial charge in [0.2, 0.25) is 12.5 Å². The van der Waals surface area contributed by atoms with Crippen LogP contribution in [0.5, 0.6) is 17.2 Å². The molecule has 0 bridgehead atoms. The minimum atomic E-state index is -2.75. The Morgan fingerprint density at radius 2 is 2.21 bits per heavy atom. The Morgan fingerprint density at radius 1 is 1.42 bits per heavy atom. The molecule has 5 nitrogen and oxygen atoms in total. The van der Waals surface area contributed by atoms with E-state index >= 15 is 0 Å². The zero-order chi connectivity index (χ0) is 13.8. The van der Waals surface area contributed by atoms with Gasteiger partial charge in [0, 0.05) is 13.1 Å². The van der Waals surface area contributed by atoms with Crippen molar-refractivity contribution in [3.63, 3.8) is 0 Å². The number of benzene rings is 1. The molecule has 1 aliphatic rings. The quantitative estimate of drug-likeness (QED) is 0.815. The summed E-state index contributed by atoms with van der Waals surface area (Å²) in [5.74, 6) is 1.63. The highest BCUT2D eigenvalue weighted by Gasteiger charge is 2.20. The molecule has 0 aromatic heterocycles. The zero-order valence-electron chi connectivity index (χ0n) is 10.4. The maximum atomic E-state index is 12.1. The third kappa shape index (κ3) is 3.24. The van der Waals surface area contributed by atoms with Gasteiger partial charge in [0.15, 0.2) is 11.5 Å². The van der Waals surface area contributed by atoms with Gasteiger partial charge in [-0.15, -0.1) is 0 Å². The molecule has 0 radical (unpaired) electrons. The lowest BCUT2D eigenvalue weighted by atomic mass is 10.2. The van der Waals surface area contributed by atoms with Crippen LogP contribution in [0.3, 0.4) is 0 Å². The Hall–Kier alpha value is -1.60. The van der Waals surface area contributed by atoms with Crippen LogP contribution in [-0.2, 0) is 6.54 Å². The second kappa shape index (κ2) is 6.03. The number of halogens is 2. The van der Waals surface area contributed by atoms with Crippen molar-refractivity contribution in [1.82, 2.24) is 5.32 Å². The lowest BCUT2D eigenvalue weighted by Crippen LogP contribution is -2.31. The summed E-state index contributed by atoms with van der Waals surface area (Å²) in [6.45, 7) is 0.262. The van der Waals surface area contributed by atoms with Crippen LogP contribution in [0.15, 0.2) is 12.1 Å². The van der Waals surface area contributed by atoms with Gasteiger partial charge in [-0.1, -0.05) is 0 Å². The highest BCUT2D eigenvalue weighted by atomic mass is 19.3. The van der Waals surface area contributed by atoms with E-state index in [-0.39, 0.29) is 13.3 Å². The smallest absolute Gasteiger partial charge is 0.265 e. The largest absolute Gasteiger partial charge is 0.493 e. The van der Waals surface area contributed by atoms with Gasteiger partial charge in [0.05, 0.1) is 7.11 Å². The van der Waals surface area contributed by atoms with Gasteiger partial charge in [0.25, 0.3) is 6.43 Å². The van der Waals surface area contributed by atoms with E-state index in [0.29, 0.717) is 23.8 Å². The monoisotopic (exact) mass is 275 g/mol. The summed E-state index contributed by atoms with van der Waals surface area (Å²) >= 11 is 0. The minimum absolute atomic E-state index is 0.132. The van der Waals surface area contributed by atoms with Crippen LogP contribution in [0.2, 0.25) is 0 Å². The van der Waals surface area contributed by atoms with Crippen LogP contribution in [-0.4, -0.2) is 38.1 Å². The summed E-state index contributed by atoms with van der Waals surface area (Å²) in [4.78, 5) is 0. The van der Waals surface area contributed by atoms with Crippen molar-refractivity contribution in [1.29, 1.82) is 0 Å². The predicted molar refractivity (Wildman–Crippen MR) is 62.8 cm³/mol. The van der Waals surface area contributed by atoms with Crippen molar-refractivity contribution >= 4 is 0 Å². The molecule has 2 N–H and O–H groups in total. The third-order valence-electron chi connectivity index (χ3n) is 2.69. The van der Waals surface area contributed by atoms with Gasteiger partial charge < -0.3 is 24.6 Å². The molecule has 1 aromatic rings. The molecule has 1 heterocycles. The molecule has 0 spiro atoms. The summed E-state index contributed by atoms with van der Waals surface area (Å²) in [6, 6.07) is 3.47. The fourth-order valence-electron chi connectivity index (χ4n) is 1.74. The maximum absolute atomic E-state index is 12.1. The number of nitrogens with one attached hydrogen (secondary N) is 1. The van der Waals surface area contributed by atoms with Gasteiger partial charge in [-0.25, -0.2) is 8.78 Å². The van der Waals surface area contributed by atoms with E-state index in [1.165, 1.54) is 7.11 Å². The molecule has 1 unspecified atom stereocenters. The number of rotatable bonds is 6. The number of alkyl halides is 2. The number of aliphatic hydroxyl groups excluding tert-OH is 1. The molecule has 19 heavy (non-hydrogen) atoms. The van der Waals surface area contributed by atoms with Gasteiger partial charge in [-0.3, -0.25) is 0 Å². The summed E-state index contributed by atoms with van der Waals surface area (Å²) in [6.07, 6.45) is -4.42. The molecule has 0 aliphatic carbocycles. The summed E-state index contributed by atoms with van der Waals surface area (Å²) < 4.78 is 39.9. The number of hydrogen-bond acceptors (Lipinski definition) is 5. The number of hydrogen-bond donors (Lipinski definition) is 2. The third-order valence-corrected chi connectivity index (χ3v) is 2.69. The molecular formula is C12H15F2NO4. The molecule has 1 atom stereocenters. The topological polar surface area (TPSA) is 60.0 Å². The highest BCUT2D eigenvalue weighted by molar-refractivity contribution is 5.55. The molecule has 2 rings (SSSR count). The Balaban J connectivity index is 1.98. The van der Waals surface area contributed by atoms with Crippen molar-refractivity contribution in [2.45, 2.75) is 19.1 Å². The van der Waals surface area contributed by atoms with Gasteiger partial charge >= 0.3 is 0 Å². The summed E-state index contributed by atoms with van der Waals surface area (Å²) in [5, 5.41) is 11.7. The first-order valence-corrected chi connectivity index (χ1v) is 5.75. The first kappa shape index (κ1) is 13.8. The zero-order valence-corrected chi connectivity index (χ0v) is 10.4. The number of methoxy groups -OCH3 is 1. The van der Waals surface area contributed by atoms with Gasteiger partial charge in [-0.05, 0) is 17.7 Å². The van der Waals surface area contributed by atoms with Crippen molar-refractivity contribution < 1.29 is 28.1 Å². The fraction of sp³-hybridized carbons (Fsp3) is 0.500. The number of aliphatic hydroxyl groups is 1. The van der Waals surface area contributed by atoms with E-state index in [1.54, 1.807) is 12.1 Å². The van der Waals surface area contributed by atoms with Crippen LogP contribution in [0, 0.1) is 0 Å². The van der Waals surface area contributed by atoms with Crippen molar-refractivity contribution in [3.8, 4) is 17.2 Å². The highest BCUT2D eigenvalue weighted by Crippen LogP contribution is 2.41. The van der Waals surface area contributed by atoms with Crippen LogP contribution >= 0.6 is 0 Å². The second-order valence-corrected chi connectivity index (χ2v) is 4.06. The maximum Gasteiger partial charge on any atom is 0.265 e. The number of fused-ring (bicyclic) bond motifs is 1. The van der Waals surface area contributed by atoms with Crippen LogP contribution < -0.4 is 19.5 Å². The Bertz CT molecular complexity index is 442. The molecule has 0 saturated carbocycles. The standard InChI is InChI=1S/C12H15F2NO4/c1-17-9-2-7(3-10-11(9)19-6-18-10)4-15-5-8(16)12(13)14/h2-3,8,12,15-16H,4-6H2,1H3. The van der Waals surface area contributed by atoms with E-state index in [9.17, 15) is 8.78 Å². The molecule has 0 fully saturated rings. The lowest BCUT2D eigenvalue weighted by Gasteiger charge is -2.12. The summed E-state index contributed by atoms with van der Waals surface area (Å²) in [5.41, 5.74) is 0.794. The number of ether oxygens (including phenoxy) is 3. The molecule has 1 aliphatic heterocycles. The molecule has 106 valence electrons. The first-order chi connectivity index (χ1) is 9.11. The van der Waals surface area contributed by atoms with E-state index in [2.05, 4.69) is 5.32 Å². The molecule has 0 amide bonds. The van der Waals surface area contributed by atoms with E-state index in [4.69, 9.17) is 19.3 Å². The van der Waals surface area contributed by atoms with E-state index in [0.717, 1.165) is 5.56 Å². The van der Waals surface area contributed by atoms with E-state index in [1.807, 2.05) is 0 Å². The molecule has 0 saturated heterocycles. The average Bonchev–Trinajstić information content (AvgIpc) is 2.85. The Morgan fingerprint density at radius 3 is 2.89 bits per heavy atom. The lowest BCUT2D eigenvalue weighted by molar-refractivity contribution is -0.00341. The van der Waals surface area contributed by atoms with Crippen molar-refractivity contribution in [3.05, 3.63) is 17.7 Å². The first-order valence-electron chi connectivity index (χ1n) is 5.75. The second-order valence-electron chi connectivity index (χ2n) is 4.06.